The first-order valence-electron chi connectivity index (χ1n) is 7.62. The molecule has 0 radical (unpaired) electrons. The first-order valence-corrected chi connectivity index (χ1v) is 9.92. The molecule has 3 aromatic heterocycles. The molecule has 0 spiro atoms. The number of hydrogen-bond acceptors (Lipinski definition) is 6. The van der Waals surface area contributed by atoms with Crippen LogP contribution in [0.15, 0.2) is 43.5 Å². The second-order valence-corrected chi connectivity index (χ2v) is 8.87. The maximum Gasteiger partial charge on any atom is 0.250 e. The van der Waals surface area contributed by atoms with Crippen LogP contribution in [0.2, 0.25) is 0 Å². The van der Waals surface area contributed by atoms with E-state index in [0.717, 1.165) is 40.7 Å². The van der Waals surface area contributed by atoms with Crippen molar-refractivity contribution in [2.24, 2.45) is 0 Å². The fraction of sp³-hybridized carbons (Fsp3) is 0.312. The van der Waals surface area contributed by atoms with Gasteiger partial charge in [0.1, 0.15) is 15.7 Å². The van der Waals surface area contributed by atoms with Crippen LogP contribution >= 0.6 is 11.3 Å². The average molecular weight is 364 g/mol. The summed E-state index contributed by atoms with van der Waals surface area (Å²) in [5.41, 5.74) is 0. The van der Waals surface area contributed by atoms with Gasteiger partial charge in [-0.25, -0.2) is 18.1 Å². The minimum atomic E-state index is -3.59. The van der Waals surface area contributed by atoms with Crippen LogP contribution in [0, 0.1) is 6.92 Å². The number of oxazole rings is 1. The van der Waals surface area contributed by atoms with Gasteiger partial charge < -0.3 is 8.83 Å². The molecule has 0 amide bonds. The van der Waals surface area contributed by atoms with E-state index in [2.05, 4.69) is 9.71 Å². The number of aromatic nitrogens is 1. The van der Waals surface area contributed by atoms with Crippen molar-refractivity contribution in [3.63, 3.8) is 0 Å². The van der Waals surface area contributed by atoms with Crippen molar-refractivity contribution < 1.29 is 17.3 Å². The fourth-order valence-electron chi connectivity index (χ4n) is 2.33. The van der Waals surface area contributed by atoms with Gasteiger partial charge >= 0.3 is 0 Å². The molecule has 0 bridgehead atoms. The van der Waals surface area contributed by atoms with Gasteiger partial charge in [-0.05, 0) is 44.0 Å². The summed E-state index contributed by atoms with van der Waals surface area (Å²) in [6.07, 6.45) is 3.88. The van der Waals surface area contributed by atoms with Crippen LogP contribution in [-0.4, -0.2) is 13.4 Å². The number of nitrogens with one attached hydrogen (secondary N) is 1. The molecular weight excluding hydrogens is 348 g/mol. The van der Waals surface area contributed by atoms with Crippen molar-refractivity contribution >= 4 is 21.4 Å². The molecule has 0 aliphatic heterocycles. The van der Waals surface area contributed by atoms with Crippen molar-refractivity contribution in [2.75, 3.05) is 0 Å². The molecule has 1 fully saturated rings. The van der Waals surface area contributed by atoms with Gasteiger partial charge in [0.25, 0.3) is 0 Å². The molecule has 6 nitrogen and oxygen atoms in total. The smallest absolute Gasteiger partial charge is 0.250 e. The summed E-state index contributed by atoms with van der Waals surface area (Å²) in [6.45, 7) is 1.94. The maximum atomic E-state index is 12.4. The van der Waals surface area contributed by atoms with Gasteiger partial charge in [-0.1, -0.05) is 0 Å². The number of nitrogens with zero attached hydrogens (tertiary/aromatic N) is 1. The Balaban J connectivity index is 1.49. The largest absolute Gasteiger partial charge is 0.465 e. The molecule has 1 N–H and O–H groups in total. The van der Waals surface area contributed by atoms with E-state index < -0.39 is 10.0 Å². The lowest BCUT2D eigenvalue weighted by Gasteiger charge is -2.02. The van der Waals surface area contributed by atoms with Gasteiger partial charge in [-0.3, -0.25) is 0 Å². The topological polar surface area (TPSA) is 85.3 Å². The van der Waals surface area contributed by atoms with E-state index in [1.165, 1.54) is 0 Å². The second-order valence-electron chi connectivity index (χ2n) is 5.79. The third-order valence-electron chi connectivity index (χ3n) is 3.77. The third kappa shape index (κ3) is 3.17. The highest BCUT2D eigenvalue weighted by Gasteiger charge is 2.29. The van der Waals surface area contributed by atoms with Gasteiger partial charge in [0.15, 0.2) is 11.7 Å². The molecule has 0 saturated heterocycles. The molecule has 0 atom stereocenters. The summed E-state index contributed by atoms with van der Waals surface area (Å²) in [6, 6.07) is 6.88. The zero-order valence-corrected chi connectivity index (χ0v) is 14.6. The third-order valence-corrected chi connectivity index (χ3v) is 6.76. The Morgan fingerprint density at radius 2 is 2.08 bits per heavy atom. The summed E-state index contributed by atoms with van der Waals surface area (Å²) in [7, 11) is -3.59. The van der Waals surface area contributed by atoms with Crippen LogP contribution in [0.1, 0.15) is 36.2 Å². The Kier molecular flexibility index (Phi) is 3.82. The normalized spacial score (nSPS) is 15.0. The highest BCUT2D eigenvalue weighted by molar-refractivity contribution is 7.91. The molecule has 1 aliphatic rings. The van der Waals surface area contributed by atoms with Crippen molar-refractivity contribution in [1.82, 2.24) is 9.71 Å². The van der Waals surface area contributed by atoms with Crippen LogP contribution < -0.4 is 4.72 Å². The first-order chi connectivity index (χ1) is 11.5. The van der Waals surface area contributed by atoms with E-state index in [1.54, 1.807) is 30.5 Å². The molecular formula is C16H16N2O4S2. The van der Waals surface area contributed by atoms with Gasteiger partial charge in [0, 0.05) is 5.92 Å². The Labute approximate surface area is 143 Å². The Hall–Kier alpha value is -1.90. The number of furan rings is 1. The molecule has 3 heterocycles. The summed E-state index contributed by atoms with van der Waals surface area (Å²) in [5, 5.41) is 0. The summed E-state index contributed by atoms with van der Waals surface area (Å²) >= 11 is 1.16. The first kappa shape index (κ1) is 15.6. The van der Waals surface area contributed by atoms with Crippen LogP contribution in [0.25, 0.3) is 10.6 Å². The predicted molar refractivity (Wildman–Crippen MR) is 89.3 cm³/mol. The standard InChI is InChI=1S/C16H16N2O4S2/c1-10-2-5-12(21-10)8-18-24(19,20)15-7-6-14(23-15)13-9-17-16(22-13)11-3-4-11/h2,5-7,9,11,18H,3-4,8H2,1H3. The molecule has 3 aromatic rings. The molecule has 1 aliphatic carbocycles. The molecule has 24 heavy (non-hydrogen) atoms. The number of aryl methyl sites for hydroxylation is 1. The van der Waals surface area contributed by atoms with Gasteiger partial charge in [-0.2, -0.15) is 0 Å². The lowest BCUT2D eigenvalue weighted by Crippen LogP contribution is -2.22. The summed E-state index contributed by atoms with van der Waals surface area (Å²) < 4.78 is 38.7. The van der Waals surface area contributed by atoms with Crippen molar-refractivity contribution in [1.29, 1.82) is 0 Å². The van der Waals surface area contributed by atoms with E-state index in [9.17, 15) is 8.42 Å². The molecule has 126 valence electrons. The van der Waals surface area contributed by atoms with Crippen molar-refractivity contribution in [2.45, 2.75) is 36.4 Å². The summed E-state index contributed by atoms with van der Waals surface area (Å²) in [4.78, 5) is 5.02. The Bertz CT molecular complexity index is 964. The zero-order chi connectivity index (χ0) is 16.7. The molecule has 4 rings (SSSR count). The van der Waals surface area contributed by atoms with Crippen molar-refractivity contribution in [3.05, 3.63) is 47.9 Å². The lowest BCUT2D eigenvalue weighted by atomic mass is 10.4. The second kappa shape index (κ2) is 5.87. The van der Waals surface area contributed by atoms with E-state index in [0.29, 0.717) is 17.4 Å². The highest BCUT2D eigenvalue weighted by Crippen LogP contribution is 2.41. The lowest BCUT2D eigenvalue weighted by molar-refractivity contribution is 0.475. The SMILES string of the molecule is Cc1ccc(CNS(=O)(=O)c2ccc(-c3cnc(C4CC4)o3)s2)o1. The van der Waals surface area contributed by atoms with Crippen molar-refractivity contribution in [3.8, 4) is 10.6 Å². The predicted octanol–water partition coefficient (Wildman–Crippen LogP) is 3.66. The maximum absolute atomic E-state index is 12.4. The van der Waals surface area contributed by atoms with E-state index in [-0.39, 0.29) is 10.8 Å². The van der Waals surface area contributed by atoms with E-state index >= 15 is 0 Å². The molecule has 0 unspecified atom stereocenters. The average Bonchev–Trinajstić information content (AvgIpc) is 2.97. The van der Waals surface area contributed by atoms with E-state index in [4.69, 9.17) is 8.83 Å². The van der Waals surface area contributed by atoms with E-state index in [1.807, 2.05) is 6.92 Å². The van der Waals surface area contributed by atoms with Crippen LogP contribution in [0.5, 0.6) is 0 Å². The zero-order valence-electron chi connectivity index (χ0n) is 13.0. The van der Waals surface area contributed by atoms with Gasteiger partial charge in [0.05, 0.1) is 17.6 Å². The number of sulfonamides is 1. The highest BCUT2D eigenvalue weighted by atomic mass is 32.2. The minimum Gasteiger partial charge on any atom is -0.465 e. The minimum absolute atomic E-state index is 0.123. The Morgan fingerprint density at radius 3 is 2.79 bits per heavy atom. The van der Waals surface area contributed by atoms with Crippen LogP contribution in [0.4, 0.5) is 0 Å². The fourth-order valence-corrected chi connectivity index (χ4v) is 4.63. The van der Waals surface area contributed by atoms with Gasteiger partial charge in [0.2, 0.25) is 10.0 Å². The number of hydrogen-bond donors (Lipinski definition) is 1. The summed E-state index contributed by atoms with van der Waals surface area (Å²) in [5.74, 6) is 3.12. The van der Waals surface area contributed by atoms with Crippen LogP contribution in [0.3, 0.4) is 0 Å². The Morgan fingerprint density at radius 1 is 1.25 bits per heavy atom. The van der Waals surface area contributed by atoms with Gasteiger partial charge in [-0.15, -0.1) is 11.3 Å². The number of thiophene rings is 1. The molecule has 8 heteroatoms. The molecule has 0 aromatic carbocycles. The quantitative estimate of drug-likeness (QED) is 0.721. The van der Waals surface area contributed by atoms with Crippen LogP contribution in [-0.2, 0) is 16.6 Å². The number of rotatable bonds is 6. The molecule has 1 saturated carbocycles. The monoisotopic (exact) mass is 364 g/mol.